The molecule has 1 aliphatic heterocycles. The van der Waals surface area contributed by atoms with Crippen LogP contribution in [0.2, 0.25) is 0 Å². The number of imide groups is 1. The molecule has 1 aromatic carbocycles. The van der Waals surface area contributed by atoms with Crippen LogP contribution in [-0.2, 0) is 9.59 Å². The predicted octanol–water partition coefficient (Wildman–Crippen LogP) is 2.47. The van der Waals surface area contributed by atoms with Gasteiger partial charge in [-0.15, -0.1) is 0 Å². The Morgan fingerprint density at radius 2 is 2.00 bits per heavy atom. The minimum Gasteiger partial charge on any atom is -0.324 e. The standard InChI is InChI=1S/C18H23N3O3/c1-11(2)13-6-4-5-7-14(13)19-15(22)10-21-16(23)18(3,12-8-9-12)20-17(21)24/h4-7,11-12H,8-10H2,1-3H3,(H,19,22)(H,20,24). The van der Waals surface area contributed by atoms with Crippen LogP contribution in [0.1, 0.15) is 45.1 Å². The molecule has 1 aromatic rings. The maximum Gasteiger partial charge on any atom is 0.325 e. The smallest absolute Gasteiger partial charge is 0.324 e. The van der Waals surface area contributed by atoms with E-state index in [9.17, 15) is 14.4 Å². The molecule has 128 valence electrons. The third-order valence-electron chi connectivity index (χ3n) is 4.85. The average molecular weight is 329 g/mol. The number of nitrogens with one attached hydrogen (secondary N) is 2. The van der Waals surface area contributed by atoms with Gasteiger partial charge >= 0.3 is 6.03 Å². The van der Waals surface area contributed by atoms with Crippen LogP contribution in [0.25, 0.3) is 0 Å². The summed E-state index contributed by atoms with van der Waals surface area (Å²) >= 11 is 0. The van der Waals surface area contributed by atoms with Crippen LogP contribution >= 0.6 is 0 Å². The highest BCUT2D eigenvalue weighted by molar-refractivity contribution is 6.10. The number of rotatable bonds is 5. The zero-order valence-corrected chi connectivity index (χ0v) is 14.3. The molecule has 1 heterocycles. The van der Waals surface area contributed by atoms with E-state index in [0.29, 0.717) is 0 Å². The van der Waals surface area contributed by atoms with Gasteiger partial charge in [-0.2, -0.15) is 0 Å². The molecule has 6 nitrogen and oxygen atoms in total. The first-order chi connectivity index (χ1) is 11.3. The largest absolute Gasteiger partial charge is 0.325 e. The van der Waals surface area contributed by atoms with Gasteiger partial charge in [-0.3, -0.25) is 14.5 Å². The Labute approximate surface area is 141 Å². The number of carbonyl (C=O) groups is 3. The lowest BCUT2D eigenvalue weighted by Gasteiger charge is -2.21. The molecule has 6 heteroatoms. The lowest BCUT2D eigenvalue weighted by Crippen LogP contribution is -2.46. The monoisotopic (exact) mass is 329 g/mol. The second-order valence-electron chi connectivity index (χ2n) is 7.09. The van der Waals surface area contributed by atoms with E-state index in [0.717, 1.165) is 29.0 Å². The van der Waals surface area contributed by atoms with Crippen molar-refractivity contribution in [3.05, 3.63) is 29.8 Å². The number of benzene rings is 1. The lowest BCUT2D eigenvalue weighted by molar-refractivity contribution is -0.134. The topological polar surface area (TPSA) is 78.5 Å². The van der Waals surface area contributed by atoms with Crippen molar-refractivity contribution in [1.82, 2.24) is 10.2 Å². The predicted molar refractivity (Wildman–Crippen MR) is 90.5 cm³/mol. The van der Waals surface area contributed by atoms with Gasteiger partial charge in [0, 0.05) is 5.69 Å². The highest BCUT2D eigenvalue weighted by atomic mass is 16.2. The molecule has 1 unspecified atom stereocenters. The fraction of sp³-hybridized carbons (Fsp3) is 0.500. The molecule has 2 fully saturated rings. The van der Waals surface area contributed by atoms with Gasteiger partial charge < -0.3 is 10.6 Å². The highest BCUT2D eigenvalue weighted by Gasteiger charge is 2.56. The Hall–Kier alpha value is -2.37. The van der Waals surface area contributed by atoms with Gasteiger partial charge in [-0.1, -0.05) is 32.0 Å². The van der Waals surface area contributed by atoms with Crippen LogP contribution < -0.4 is 10.6 Å². The van der Waals surface area contributed by atoms with Crippen LogP contribution in [0.5, 0.6) is 0 Å². The molecule has 1 aliphatic carbocycles. The van der Waals surface area contributed by atoms with E-state index in [1.807, 2.05) is 38.1 Å². The van der Waals surface area contributed by atoms with Gasteiger partial charge in [0.15, 0.2) is 0 Å². The summed E-state index contributed by atoms with van der Waals surface area (Å²) in [4.78, 5) is 38.0. The first-order valence-corrected chi connectivity index (χ1v) is 8.36. The van der Waals surface area contributed by atoms with Gasteiger partial charge in [0.05, 0.1) is 0 Å². The summed E-state index contributed by atoms with van der Waals surface area (Å²) in [5.74, 6) is -0.228. The number of amides is 4. The van der Waals surface area contributed by atoms with Gasteiger partial charge in [0.1, 0.15) is 12.1 Å². The molecule has 3 rings (SSSR count). The van der Waals surface area contributed by atoms with Crippen molar-refractivity contribution in [3.8, 4) is 0 Å². The van der Waals surface area contributed by atoms with Crippen molar-refractivity contribution < 1.29 is 14.4 Å². The summed E-state index contributed by atoms with van der Waals surface area (Å²) in [5.41, 5.74) is 0.882. The number of hydrogen-bond donors (Lipinski definition) is 2. The van der Waals surface area contributed by atoms with E-state index in [4.69, 9.17) is 0 Å². The van der Waals surface area contributed by atoms with Crippen molar-refractivity contribution in [2.75, 3.05) is 11.9 Å². The van der Waals surface area contributed by atoms with Crippen molar-refractivity contribution in [1.29, 1.82) is 0 Å². The van der Waals surface area contributed by atoms with E-state index in [-0.39, 0.29) is 30.2 Å². The molecule has 24 heavy (non-hydrogen) atoms. The van der Waals surface area contributed by atoms with Crippen LogP contribution in [0, 0.1) is 5.92 Å². The van der Waals surface area contributed by atoms with Crippen molar-refractivity contribution in [2.45, 2.75) is 45.1 Å². The van der Waals surface area contributed by atoms with E-state index in [2.05, 4.69) is 10.6 Å². The molecule has 1 saturated carbocycles. The molecule has 0 radical (unpaired) electrons. The number of para-hydroxylation sites is 1. The first kappa shape index (κ1) is 16.5. The second-order valence-corrected chi connectivity index (χ2v) is 7.09. The van der Waals surface area contributed by atoms with Gasteiger partial charge in [-0.25, -0.2) is 4.79 Å². The van der Waals surface area contributed by atoms with Crippen LogP contribution in [0.3, 0.4) is 0 Å². The van der Waals surface area contributed by atoms with Crippen molar-refractivity contribution in [2.24, 2.45) is 5.92 Å². The van der Waals surface area contributed by atoms with E-state index >= 15 is 0 Å². The van der Waals surface area contributed by atoms with Gasteiger partial charge in [0.2, 0.25) is 5.91 Å². The third kappa shape index (κ3) is 2.88. The van der Waals surface area contributed by atoms with Gasteiger partial charge in [0.25, 0.3) is 5.91 Å². The van der Waals surface area contributed by atoms with E-state index < -0.39 is 11.6 Å². The lowest BCUT2D eigenvalue weighted by atomic mass is 9.96. The molecule has 2 aliphatic rings. The van der Waals surface area contributed by atoms with Crippen molar-refractivity contribution >= 4 is 23.5 Å². The summed E-state index contributed by atoms with van der Waals surface area (Å²) in [6, 6.07) is 7.07. The molecule has 0 spiro atoms. The van der Waals surface area contributed by atoms with E-state index in [1.165, 1.54) is 0 Å². The second kappa shape index (κ2) is 5.92. The summed E-state index contributed by atoms with van der Waals surface area (Å²) in [6.45, 7) is 5.57. The van der Waals surface area contributed by atoms with Crippen LogP contribution in [-0.4, -0.2) is 34.8 Å². The molecular formula is C18H23N3O3. The Bertz CT molecular complexity index is 697. The molecule has 2 N–H and O–H groups in total. The summed E-state index contributed by atoms with van der Waals surface area (Å²) in [6.07, 6.45) is 1.87. The first-order valence-electron chi connectivity index (χ1n) is 8.36. The quantitative estimate of drug-likeness (QED) is 0.815. The highest BCUT2D eigenvalue weighted by Crippen LogP contribution is 2.42. The van der Waals surface area contributed by atoms with Crippen molar-refractivity contribution in [3.63, 3.8) is 0 Å². The summed E-state index contributed by atoms with van der Waals surface area (Å²) < 4.78 is 0. The Balaban J connectivity index is 1.69. The number of urea groups is 1. The Kier molecular flexibility index (Phi) is 4.07. The number of hydrogen-bond acceptors (Lipinski definition) is 3. The van der Waals surface area contributed by atoms with Crippen LogP contribution in [0.15, 0.2) is 24.3 Å². The molecule has 0 aromatic heterocycles. The molecule has 4 amide bonds. The van der Waals surface area contributed by atoms with Gasteiger partial charge in [-0.05, 0) is 43.2 Å². The third-order valence-corrected chi connectivity index (χ3v) is 4.85. The zero-order chi connectivity index (χ0) is 17.5. The Morgan fingerprint density at radius 1 is 1.33 bits per heavy atom. The minimum atomic E-state index is -0.854. The fourth-order valence-corrected chi connectivity index (χ4v) is 3.24. The Morgan fingerprint density at radius 3 is 2.62 bits per heavy atom. The molecule has 1 atom stereocenters. The van der Waals surface area contributed by atoms with Crippen LogP contribution in [0.4, 0.5) is 10.5 Å². The van der Waals surface area contributed by atoms with E-state index in [1.54, 1.807) is 6.92 Å². The molecular weight excluding hydrogens is 306 g/mol. The average Bonchev–Trinajstić information content (AvgIpc) is 3.34. The fourth-order valence-electron chi connectivity index (χ4n) is 3.24. The SMILES string of the molecule is CC(C)c1ccccc1NC(=O)CN1C(=O)NC(C)(C2CC2)C1=O. The number of anilines is 1. The summed E-state index contributed by atoms with van der Waals surface area (Å²) in [7, 11) is 0. The molecule has 1 saturated heterocycles. The maximum atomic E-state index is 12.5. The number of carbonyl (C=O) groups excluding carboxylic acids is 3. The number of nitrogens with zero attached hydrogens (tertiary/aromatic N) is 1. The minimum absolute atomic E-state index is 0.184. The summed E-state index contributed by atoms with van der Waals surface area (Å²) in [5, 5.41) is 5.57. The normalized spacial score (nSPS) is 23.6. The maximum absolute atomic E-state index is 12.5. The molecule has 0 bridgehead atoms. The zero-order valence-electron chi connectivity index (χ0n) is 14.3.